The SMILES string of the molecule is c1ccc(-c2cc(-c3cccc(-c4ccc(-c5ccc6c(c5)c5ccccc5n6-c5ccccc5)cc4)c3)nc3ccc4ccccc4c23)cc1.c1ccc(-c2cc(-c3cccc(-c4ccc(-c5cccc(-n6c7ccccc7c7ccccc76)c5)cc4)c3)nc3ccc4ccccc4c23)cc1.c1ccc(-c2cc(-c3cccc(-c4ccc(-n5c6ccccc6c6ccccc65)cc4)c3)nc3ccc4ccccc4c23)cc1. The highest BCUT2D eigenvalue weighted by molar-refractivity contribution is 6.18. The fraction of sp³-hybridized carbons (Fsp3) is 0. The van der Waals surface area contributed by atoms with E-state index in [2.05, 4.69) is 572 Å². The Labute approximate surface area is 850 Å². The van der Waals surface area contributed by atoms with Crippen LogP contribution in [0.5, 0.6) is 0 Å². The lowest BCUT2D eigenvalue weighted by molar-refractivity contribution is 1.18. The molecule has 29 aromatic rings. The summed E-state index contributed by atoms with van der Waals surface area (Å²) in [5.74, 6) is 0. The van der Waals surface area contributed by atoms with E-state index in [-0.39, 0.29) is 0 Å². The second-order valence-electron chi connectivity index (χ2n) is 38.0. The summed E-state index contributed by atoms with van der Waals surface area (Å²) in [5, 5.41) is 18.5. The normalized spacial score (nSPS) is 11.5. The number of hydrogen-bond acceptors (Lipinski definition) is 3. The van der Waals surface area contributed by atoms with E-state index in [0.29, 0.717) is 0 Å². The van der Waals surface area contributed by atoms with Gasteiger partial charge in [0.2, 0.25) is 0 Å². The van der Waals surface area contributed by atoms with E-state index >= 15 is 0 Å². The summed E-state index contributed by atoms with van der Waals surface area (Å²) in [4.78, 5) is 15.7. The summed E-state index contributed by atoms with van der Waals surface area (Å²) < 4.78 is 7.10. The largest absolute Gasteiger partial charge is 0.309 e. The third-order valence-corrected chi connectivity index (χ3v) is 29.3. The molecular weight excluding hydrogens is 1780 g/mol. The molecule has 0 spiro atoms. The average molecular weight is 1870 g/mol. The molecule has 23 aromatic carbocycles. The Kier molecular flexibility index (Phi) is 21.9. The lowest BCUT2D eigenvalue weighted by atomic mass is 9.93. The zero-order valence-corrected chi connectivity index (χ0v) is 80.3. The van der Waals surface area contributed by atoms with Crippen LogP contribution >= 0.6 is 0 Å². The van der Waals surface area contributed by atoms with Gasteiger partial charge in [0.25, 0.3) is 0 Å². The molecule has 0 radical (unpaired) electrons. The van der Waals surface area contributed by atoms with Crippen molar-refractivity contribution in [3.63, 3.8) is 0 Å². The second kappa shape index (κ2) is 37.2. The van der Waals surface area contributed by atoms with Gasteiger partial charge in [-0.1, -0.05) is 425 Å². The molecule has 0 saturated heterocycles. The number of fused-ring (bicyclic) bond motifs is 18. The van der Waals surface area contributed by atoms with E-state index in [1.165, 1.54) is 209 Å². The van der Waals surface area contributed by atoms with Crippen molar-refractivity contribution in [1.29, 1.82) is 0 Å². The van der Waals surface area contributed by atoms with Crippen LogP contribution in [0.1, 0.15) is 0 Å². The predicted octanol–water partition coefficient (Wildman–Crippen LogP) is 37.8. The number of pyridine rings is 3. The minimum Gasteiger partial charge on any atom is -0.309 e. The van der Waals surface area contributed by atoms with Crippen molar-refractivity contribution < 1.29 is 0 Å². The van der Waals surface area contributed by atoms with Gasteiger partial charge in [0, 0.05) is 82.2 Å². The van der Waals surface area contributed by atoms with Crippen LogP contribution < -0.4 is 0 Å². The van der Waals surface area contributed by atoms with Crippen molar-refractivity contribution in [2.75, 3.05) is 0 Å². The van der Waals surface area contributed by atoms with E-state index in [4.69, 9.17) is 15.0 Å². The maximum absolute atomic E-state index is 5.24. The molecule has 0 amide bonds. The van der Waals surface area contributed by atoms with Crippen molar-refractivity contribution >= 4 is 130 Å². The van der Waals surface area contributed by atoms with Gasteiger partial charge < -0.3 is 13.7 Å². The molecular formula is C141H92N6. The quantitative estimate of drug-likeness (QED) is 0.102. The summed E-state index contributed by atoms with van der Waals surface area (Å²) in [6, 6.07) is 200. The molecule has 0 saturated carbocycles. The molecule has 0 aliphatic carbocycles. The maximum atomic E-state index is 5.24. The smallest absolute Gasteiger partial charge is 0.0722 e. The van der Waals surface area contributed by atoms with Gasteiger partial charge in [-0.05, 0) is 255 Å². The van der Waals surface area contributed by atoms with Crippen molar-refractivity contribution in [2.24, 2.45) is 0 Å². The van der Waals surface area contributed by atoms with E-state index in [1.54, 1.807) is 0 Å². The Hall–Kier alpha value is -19.5. The van der Waals surface area contributed by atoms with E-state index in [0.717, 1.165) is 61.7 Å². The number of nitrogens with zero attached hydrogens (tertiary/aromatic N) is 6. The van der Waals surface area contributed by atoms with Crippen LogP contribution in [-0.2, 0) is 0 Å². The molecule has 29 rings (SSSR count). The average Bonchev–Trinajstić information content (AvgIpc) is 1.74. The van der Waals surface area contributed by atoms with Gasteiger partial charge in [0.1, 0.15) is 0 Å². The number of para-hydroxylation sites is 6. The van der Waals surface area contributed by atoms with Gasteiger partial charge in [-0.15, -0.1) is 0 Å². The molecule has 0 fully saturated rings. The molecule has 0 unspecified atom stereocenters. The Morgan fingerprint density at radius 1 is 0.122 bits per heavy atom. The zero-order valence-electron chi connectivity index (χ0n) is 80.3. The van der Waals surface area contributed by atoms with Crippen LogP contribution in [0.4, 0.5) is 0 Å². The zero-order chi connectivity index (χ0) is 97.2. The number of aromatic nitrogens is 6. The first-order chi connectivity index (χ1) is 72.9. The molecule has 6 heteroatoms. The van der Waals surface area contributed by atoms with Crippen LogP contribution in [0.2, 0.25) is 0 Å². The molecule has 6 heterocycles. The molecule has 686 valence electrons. The molecule has 0 aliphatic rings. The van der Waals surface area contributed by atoms with Gasteiger partial charge in [-0.2, -0.15) is 0 Å². The summed E-state index contributed by atoms with van der Waals surface area (Å²) >= 11 is 0. The highest BCUT2D eigenvalue weighted by Crippen LogP contribution is 2.46. The Balaban J connectivity index is 0.000000109. The lowest BCUT2D eigenvalue weighted by Gasteiger charge is -2.14. The highest BCUT2D eigenvalue weighted by Gasteiger charge is 2.23. The minimum absolute atomic E-state index is 0.969. The highest BCUT2D eigenvalue weighted by atomic mass is 15.0. The van der Waals surface area contributed by atoms with E-state index < -0.39 is 0 Å². The van der Waals surface area contributed by atoms with Crippen LogP contribution in [-0.4, -0.2) is 28.7 Å². The molecule has 6 aromatic heterocycles. The Morgan fingerprint density at radius 2 is 0.354 bits per heavy atom. The lowest BCUT2D eigenvalue weighted by Crippen LogP contribution is -1.94. The van der Waals surface area contributed by atoms with Crippen molar-refractivity contribution in [3.8, 4) is 140 Å². The first kappa shape index (κ1) is 86.6. The Bertz CT molecular complexity index is 10000. The van der Waals surface area contributed by atoms with Crippen LogP contribution in [0.3, 0.4) is 0 Å². The maximum Gasteiger partial charge on any atom is 0.0722 e. The molecule has 0 aliphatic heterocycles. The number of benzene rings is 23. The van der Waals surface area contributed by atoms with Gasteiger partial charge in [0.05, 0.1) is 66.7 Å². The fourth-order valence-corrected chi connectivity index (χ4v) is 22.3. The van der Waals surface area contributed by atoms with Crippen molar-refractivity contribution in [1.82, 2.24) is 28.7 Å². The van der Waals surface area contributed by atoms with Crippen molar-refractivity contribution in [2.45, 2.75) is 0 Å². The summed E-state index contributed by atoms with van der Waals surface area (Å²) in [6.07, 6.45) is 0. The van der Waals surface area contributed by atoms with Crippen molar-refractivity contribution in [3.05, 3.63) is 558 Å². The monoisotopic (exact) mass is 1870 g/mol. The van der Waals surface area contributed by atoms with Gasteiger partial charge in [-0.25, -0.2) is 15.0 Å². The minimum atomic E-state index is 0.969. The van der Waals surface area contributed by atoms with Crippen LogP contribution in [0.15, 0.2) is 558 Å². The van der Waals surface area contributed by atoms with E-state index in [9.17, 15) is 0 Å². The molecule has 0 bridgehead atoms. The van der Waals surface area contributed by atoms with E-state index in [1.807, 2.05) is 0 Å². The van der Waals surface area contributed by atoms with Crippen LogP contribution in [0.25, 0.3) is 270 Å². The first-order valence-electron chi connectivity index (χ1n) is 50.3. The summed E-state index contributed by atoms with van der Waals surface area (Å²) in [6.45, 7) is 0. The van der Waals surface area contributed by atoms with Gasteiger partial charge in [-0.3, -0.25) is 0 Å². The van der Waals surface area contributed by atoms with Gasteiger partial charge >= 0.3 is 0 Å². The summed E-state index contributed by atoms with van der Waals surface area (Å²) in [5.41, 5.74) is 39.0. The Morgan fingerprint density at radius 3 is 0.701 bits per heavy atom. The first-order valence-corrected chi connectivity index (χ1v) is 50.3. The van der Waals surface area contributed by atoms with Crippen LogP contribution in [0, 0.1) is 0 Å². The second-order valence-corrected chi connectivity index (χ2v) is 38.0. The molecule has 6 nitrogen and oxygen atoms in total. The molecule has 0 atom stereocenters. The topological polar surface area (TPSA) is 53.5 Å². The molecule has 0 N–H and O–H groups in total. The van der Waals surface area contributed by atoms with Gasteiger partial charge in [0.15, 0.2) is 0 Å². The number of rotatable bonds is 14. The summed E-state index contributed by atoms with van der Waals surface area (Å²) in [7, 11) is 0. The third kappa shape index (κ3) is 16.0. The number of hydrogen-bond donors (Lipinski definition) is 0. The fourth-order valence-electron chi connectivity index (χ4n) is 22.3. The predicted molar refractivity (Wildman–Crippen MR) is 621 cm³/mol. The third-order valence-electron chi connectivity index (χ3n) is 29.3. The molecule has 147 heavy (non-hydrogen) atoms. The standard InChI is InChI=1S/2C49H32N2.C43H28N2/c1-3-12-35(13-4-1)43-32-46(50-45-28-26-36-14-7-8-19-41(36)49(43)45)39-16-11-15-37(30-39)33-22-24-34(25-23-33)38-27-29-48-44(31-38)42-20-9-10-21-47(42)51(48)40-17-5-2-6-18-40;1-2-12-35(13-3-1)44-32-46(50-45-29-28-36-14-4-5-19-41(36)49(44)45)39-17-10-15-37(30-39)33-24-26-34(27-25-33)38-16-11-18-40(31-38)51-47-22-8-6-20-42(47)43-21-7-9-23-48(43)51;1-2-11-30(12-3-1)38-28-40(44-39-26-23-31-13-4-5-16-35(31)43(38)39)33-15-10-14-32(27-33)29-21-24-34(25-22-29)45-41-19-8-6-17-36(41)37-18-7-9-20-42(37)45/h2*1-32H;1-28H.